The Morgan fingerprint density at radius 1 is 1.45 bits per heavy atom. The van der Waals surface area contributed by atoms with Crippen molar-refractivity contribution >= 4 is 24.1 Å². The summed E-state index contributed by atoms with van der Waals surface area (Å²) < 4.78 is 7.86. The van der Waals surface area contributed by atoms with E-state index in [1.54, 1.807) is 0 Å². The zero-order chi connectivity index (χ0) is 15.5. The first-order valence-corrected chi connectivity index (χ1v) is 7.76. The van der Waals surface area contributed by atoms with E-state index in [1.165, 1.54) is 5.56 Å². The molecule has 1 aliphatic rings. The molecule has 1 fully saturated rings. The van der Waals surface area contributed by atoms with Crippen molar-refractivity contribution in [2.24, 2.45) is 0 Å². The third kappa shape index (κ3) is 3.36. The van der Waals surface area contributed by atoms with E-state index in [0.717, 1.165) is 19.3 Å². The quantitative estimate of drug-likeness (QED) is 0.803. The Bertz CT molecular complexity index is 716. The Morgan fingerprint density at radius 2 is 2.18 bits per heavy atom. The first-order valence-electron chi connectivity index (χ1n) is 7.36. The van der Waals surface area contributed by atoms with Gasteiger partial charge in [0.05, 0.1) is 0 Å². The van der Waals surface area contributed by atoms with E-state index >= 15 is 0 Å². The molecule has 6 nitrogen and oxygen atoms in total. The molecule has 2 aromatic rings. The first-order chi connectivity index (χ1) is 10.7. The minimum absolute atomic E-state index is 0.0598. The van der Waals surface area contributed by atoms with Gasteiger partial charge in [0.25, 0.3) is 5.91 Å². The highest BCUT2D eigenvalue weighted by Gasteiger charge is 2.27. The number of carbonyl (C=O) groups is 1. The molecule has 116 valence electrons. The lowest BCUT2D eigenvalue weighted by atomic mass is 10.2. The molecular weight excluding hydrogens is 300 g/mol. The number of amides is 1. The summed E-state index contributed by atoms with van der Waals surface area (Å²) in [6.45, 7) is 2.03. The van der Waals surface area contributed by atoms with Crippen LogP contribution in [0.1, 0.15) is 31.4 Å². The fraction of sp³-hybridized carbons (Fsp3) is 0.400. The molecule has 22 heavy (non-hydrogen) atoms. The van der Waals surface area contributed by atoms with Gasteiger partial charge in [0.15, 0.2) is 11.4 Å². The maximum Gasteiger partial charge on any atom is 0.264 e. The second kappa shape index (κ2) is 6.31. The van der Waals surface area contributed by atoms with Crippen LogP contribution < -0.4 is 10.1 Å². The Kier molecular flexibility index (Phi) is 4.24. The number of nitrogens with zero attached hydrogens (tertiary/aromatic N) is 2. The molecule has 0 bridgehead atoms. The van der Waals surface area contributed by atoms with Gasteiger partial charge in [0.1, 0.15) is 5.75 Å². The average molecular weight is 318 g/mol. The van der Waals surface area contributed by atoms with Gasteiger partial charge in [-0.3, -0.25) is 14.7 Å². The molecule has 0 radical (unpaired) electrons. The number of nitrogens with one attached hydrogen (secondary N) is 2. The van der Waals surface area contributed by atoms with Gasteiger partial charge in [-0.1, -0.05) is 19.1 Å². The molecule has 1 aliphatic carbocycles. The van der Waals surface area contributed by atoms with Crippen molar-refractivity contribution in [1.29, 1.82) is 0 Å². The zero-order valence-corrected chi connectivity index (χ0v) is 13.2. The van der Waals surface area contributed by atoms with E-state index in [0.29, 0.717) is 22.5 Å². The number of rotatable bonds is 6. The monoisotopic (exact) mass is 318 g/mol. The van der Waals surface area contributed by atoms with Crippen LogP contribution in [0.4, 0.5) is 5.95 Å². The van der Waals surface area contributed by atoms with Gasteiger partial charge in [-0.25, -0.2) is 5.10 Å². The largest absolute Gasteiger partial charge is 0.484 e. The Morgan fingerprint density at radius 3 is 2.82 bits per heavy atom. The number of ether oxygens (including phenoxy) is 1. The summed E-state index contributed by atoms with van der Waals surface area (Å²) in [6, 6.07) is 8.07. The van der Waals surface area contributed by atoms with Crippen LogP contribution in [0.3, 0.4) is 0 Å². The summed E-state index contributed by atoms with van der Waals surface area (Å²) in [4.78, 5) is 12.0. The number of aryl methyl sites for hydroxylation is 1. The second-order valence-corrected chi connectivity index (χ2v) is 5.67. The number of H-pyrrole nitrogens is 1. The second-order valence-electron chi connectivity index (χ2n) is 5.29. The van der Waals surface area contributed by atoms with E-state index in [4.69, 9.17) is 17.0 Å². The molecule has 1 heterocycles. The van der Waals surface area contributed by atoms with E-state index < -0.39 is 0 Å². The van der Waals surface area contributed by atoms with Crippen molar-refractivity contribution in [3.8, 4) is 5.75 Å². The molecule has 7 heteroatoms. The third-order valence-corrected chi connectivity index (χ3v) is 3.86. The summed E-state index contributed by atoms with van der Waals surface area (Å²) >= 11 is 5.17. The van der Waals surface area contributed by atoms with Gasteiger partial charge < -0.3 is 4.74 Å². The van der Waals surface area contributed by atoms with Crippen molar-refractivity contribution < 1.29 is 9.53 Å². The van der Waals surface area contributed by atoms with Crippen LogP contribution in [0.2, 0.25) is 0 Å². The van der Waals surface area contributed by atoms with Crippen molar-refractivity contribution in [2.75, 3.05) is 11.9 Å². The molecule has 0 atom stereocenters. The summed E-state index contributed by atoms with van der Waals surface area (Å²) in [5.41, 5.74) is 1.23. The van der Waals surface area contributed by atoms with Crippen LogP contribution in [0.25, 0.3) is 0 Å². The van der Waals surface area contributed by atoms with Gasteiger partial charge in [0, 0.05) is 6.04 Å². The van der Waals surface area contributed by atoms with Gasteiger partial charge in [-0.15, -0.1) is 5.10 Å². The summed E-state index contributed by atoms with van der Waals surface area (Å²) in [6.07, 6.45) is 3.11. The van der Waals surface area contributed by atoms with Crippen molar-refractivity contribution in [2.45, 2.75) is 32.2 Å². The number of hydrogen-bond acceptors (Lipinski definition) is 4. The number of anilines is 1. The first kappa shape index (κ1) is 14.8. The highest BCUT2D eigenvalue weighted by atomic mass is 32.1. The molecule has 2 N–H and O–H groups in total. The van der Waals surface area contributed by atoms with Crippen LogP contribution in [0, 0.1) is 4.77 Å². The van der Waals surface area contributed by atoms with Crippen LogP contribution in [0.15, 0.2) is 24.3 Å². The summed E-state index contributed by atoms with van der Waals surface area (Å²) in [5.74, 6) is 0.881. The van der Waals surface area contributed by atoms with E-state index in [-0.39, 0.29) is 12.5 Å². The molecule has 0 unspecified atom stereocenters. The Hall–Kier alpha value is -2.15. The predicted octanol–water partition coefficient (Wildman–Crippen LogP) is 2.86. The molecule has 0 saturated heterocycles. The molecule has 1 aromatic carbocycles. The maximum atomic E-state index is 12.0. The Balaban J connectivity index is 1.57. The number of benzene rings is 1. The Labute approximate surface area is 133 Å². The molecule has 0 aliphatic heterocycles. The molecule has 1 amide bonds. The van der Waals surface area contributed by atoms with Gasteiger partial charge >= 0.3 is 0 Å². The smallest absolute Gasteiger partial charge is 0.264 e. The maximum absolute atomic E-state index is 12.0. The number of carbonyl (C=O) groups excluding carboxylic acids is 1. The predicted molar refractivity (Wildman–Crippen MR) is 85.6 cm³/mol. The van der Waals surface area contributed by atoms with E-state index in [2.05, 4.69) is 22.4 Å². The van der Waals surface area contributed by atoms with Crippen LogP contribution in [-0.2, 0) is 11.2 Å². The highest BCUT2D eigenvalue weighted by molar-refractivity contribution is 7.71. The van der Waals surface area contributed by atoms with Crippen LogP contribution in [-0.4, -0.2) is 27.3 Å². The minimum Gasteiger partial charge on any atom is -0.484 e. The lowest BCUT2D eigenvalue weighted by Gasteiger charge is -2.08. The summed E-state index contributed by atoms with van der Waals surface area (Å²) in [5, 5.41) is 9.50. The topological polar surface area (TPSA) is 71.9 Å². The number of aromatic nitrogens is 3. The number of aromatic amines is 1. The summed E-state index contributed by atoms with van der Waals surface area (Å²) in [7, 11) is 0. The molecule has 0 spiro atoms. The third-order valence-electron chi connectivity index (χ3n) is 3.57. The fourth-order valence-corrected chi connectivity index (χ4v) is 2.48. The standard InChI is InChI=1S/C15H18N4O2S/c1-2-10-3-7-12(8-4-10)21-9-13(20)16-14-17-18-15(22)19(14)11-5-6-11/h3-4,7-8,11H,2,5-6,9H2,1H3,(H,18,22)(H,16,17,20). The van der Waals surface area contributed by atoms with Crippen molar-refractivity contribution in [3.05, 3.63) is 34.6 Å². The average Bonchev–Trinajstić information content (AvgIpc) is 3.30. The minimum atomic E-state index is -0.254. The SMILES string of the molecule is CCc1ccc(OCC(=O)Nc2n[nH]c(=S)n2C2CC2)cc1. The van der Waals surface area contributed by atoms with E-state index in [1.807, 2.05) is 28.8 Å². The van der Waals surface area contributed by atoms with Crippen LogP contribution in [0.5, 0.6) is 5.75 Å². The molecular formula is C15H18N4O2S. The number of hydrogen-bond donors (Lipinski definition) is 2. The van der Waals surface area contributed by atoms with Crippen molar-refractivity contribution in [3.63, 3.8) is 0 Å². The zero-order valence-electron chi connectivity index (χ0n) is 12.3. The van der Waals surface area contributed by atoms with Gasteiger partial charge in [-0.05, 0) is 49.2 Å². The highest BCUT2D eigenvalue weighted by Crippen LogP contribution is 2.36. The molecule has 3 rings (SSSR count). The van der Waals surface area contributed by atoms with Crippen molar-refractivity contribution in [1.82, 2.24) is 14.8 Å². The van der Waals surface area contributed by atoms with Gasteiger partial charge in [0.2, 0.25) is 5.95 Å². The fourth-order valence-electron chi connectivity index (χ4n) is 2.20. The van der Waals surface area contributed by atoms with Gasteiger partial charge in [-0.2, -0.15) is 0 Å². The van der Waals surface area contributed by atoms with Crippen LogP contribution >= 0.6 is 12.2 Å². The molecule has 1 saturated carbocycles. The lowest BCUT2D eigenvalue weighted by Crippen LogP contribution is -2.22. The normalized spacial score (nSPS) is 13.9. The molecule has 1 aromatic heterocycles. The van der Waals surface area contributed by atoms with E-state index in [9.17, 15) is 4.79 Å². The lowest BCUT2D eigenvalue weighted by molar-refractivity contribution is -0.118.